The Bertz CT molecular complexity index is 1060. The first-order chi connectivity index (χ1) is 13.9. The second-order valence-electron chi connectivity index (χ2n) is 9.16. The minimum atomic E-state index is 0.193. The highest BCUT2D eigenvalue weighted by molar-refractivity contribution is 6.28. The van der Waals surface area contributed by atoms with E-state index >= 15 is 0 Å². The average molecular weight is 411 g/mol. The number of hydrogen-bond donors (Lipinski definition) is 2. The van der Waals surface area contributed by atoms with E-state index in [0.29, 0.717) is 23.2 Å². The van der Waals surface area contributed by atoms with Crippen LogP contribution < -0.4 is 10.6 Å². The van der Waals surface area contributed by atoms with Crippen LogP contribution in [0.2, 0.25) is 5.28 Å². The number of benzene rings is 1. The quantitative estimate of drug-likeness (QED) is 0.601. The molecule has 2 heterocycles. The van der Waals surface area contributed by atoms with E-state index in [9.17, 15) is 0 Å². The van der Waals surface area contributed by atoms with Gasteiger partial charge in [-0.25, -0.2) is 0 Å². The molecule has 0 spiro atoms. The lowest BCUT2D eigenvalue weighted by molar-refractivity contribution is -0.100. The standard InChI is InChI=1S/C22H27ClN6/c1-22(2)15-5-4-14(17(22)11-15)12-24-20-26-19(23)27-21(28-20)25-16-6-7-18-13(10-16)8-9-29(18)3/h6-10,14-15,17H,4-5,11-12H2,1-3H3,(H2,24,25,26,27,28). The van der Waals surface area contributed by atoms with Crippen LogP contribution in [0.15, 0.2) is 30.5 Å². The van der Waals surface area contributed by atoms with Crippen molar-refractivity contribution in [3.05, 3.63) is 35.7 Å². The fourth-order valence-electron chi connectivity index (χ4n) is 5.40. The van der Waals surface area contributed by atoms with Gasteiger partial charge < -0.3 is 15.2 Å². The highest BCUT2D eigenvalue weighted by atomic mass is 35.5. The summed E-state index contributed by atoms with van der Waals surface area (Å²) in [5.41, 5.74) is 2.58. The Hall–Kier alpha value is -2.34. The minimum Gasteiger partial charge on any atom is -0.354 e. The molecule has 2 bridgehead atoms. The number of nitrogens with zero attached hydrogens (tertiary/aromatic N) is 4. The molecule has 2 N–H and O–H groups in total. The Labute approximate surface area is 176 Å². The van der Waals surface area contributed by atoms with Crippen molar-refractivity contribution in [1.82, 2.24) is 19.5 Å². The van der Waals surface area contributed by atoms with Crippen molar-refractivity contribution in [2.24, 2.45) is 30.2 Å². The summed E-state index contributed by atoms with van der Waals surface area (Å²) in [6.07, 6.45) is 6.04. The van der Waals surface area contributed by atoms with Crippen LogP contribution in [-0.4, -0.2) is 26.1 Å². The Morgan fingerprint density at radius 2 is 1.97 bits per heavy atom. The van der Waals surface area contributed by atoms with E-state index in [0.717, 1.165) is 29.5 Å². The number of rotatable bonds is 5. The van der Waals surface area contributed by atoms with Crippen molar-refractivity contribution >= 4 is 40.1 Å². The van der Waals surface area contributed by atoms with Gasteiger partial charge in [-0.05, 0) is 78.3 Å². The number of aromatic nitrogens is 4. The zero-order valence-electron chi connectivity index (χ0n) is 17.1. The number of fused-ring (bicyclic) bond motifs is 3. The number of aryl methyl sites for hydroxylation is 1. The molecule has 0 saturated heterocycles. The summed E-state index contributed by atoms with van der Waals surface area (Å²) in [5.74, 6) is 3.36. The molecule has 6 rings (SSSR count). The van der Waals surface area contributed by atoms with Gasteiger partial charge in [0.2, 0.25) is 17.2 Å². The van der Waals surface area contributed by atoms with Crippen molar-refractivity contribution < 1.29 is 0 Å². The van der Waals surface area contributed by atoms with Gasteiger partial charge in [0, 0.05) is 36.4 Å². The lowest BCUT2D eigenvalue weighted by Crippen LogP contribution is -2.53. The normalized spacial score (nSPS) is 24.9. The molecule has 6 nitrogen and oxygen atoms in total. The van der Waals surface area contributed by atoms with Gasteiger partial charge in [-0.2, -0.15) is 15.0 Å². The van der Waals surface area contributed by atoms with Crippen LogP contribution in [0.4, 0.5) is 17.6 Å². The van der Waals surface area contributed by atoms with E-state index in [1.54, 1.807) is 0 Å². The van der Waals surface area contributed by atoms with Gasteiger partial charge in [-0.15, -0.1) is 0 Å². The molecule has 2 aromatic heterocycles. The third-order valence-corrected chi connectivity index (χ3v) is 7.44. The second-order valence-corrected chi connectivity index (χ2v) is 9.49. The molecule has 0 amide bonds. The van der Waals surface area contributed by atoms with Gasteiger partial charge in [0.05, 0.1) is 0 Å². The Morgan fingerprint density at radius 3 is 2.76 bits per heavy atom. The molecule has 3 aliphatic carbocycles. The first-order valence-corrected chi connectivity index (χ1v) is 10.8. The molecule has 3 atom stereocenters. The number of anilines is 3. The van der Waals surface area contributed by atoms with Crippen LogP contribution in [0, 0.1) is 23.2 Å². The molecule has 3 saturated carbocycles. The fourth-order valence-corrected chi connectivity index (χ4v) is 5.56. The summed E-state index contributed by atoms with van der Waals surface area (Å²) in [7, 11) is 2.04. The van der Waals surface area contributed by atoms with Gasteiger partial charge in [0.25, 0.3) is 0 Å². The van der Waals surface area contributed by atoms with Crippen LogP contribution in [0.5, 0.6) is 0 Å². The molecule has 0 radical (unpaired) electrons. The van der Waals surface area contributed by atoms with E-state index in [4.69, 9.17) is 11.6 Å². The zero-order chi connectivity index (χ0) is 20.2. The first kappa shape index (κ1) is 18.7. The predicted octanol–water partition coefficient (Wildman–Crippen LogP) is 5.24. The van der Waals surface area contributed by atoms with Crippen LogP contribution in [0.1, 0.15) is 33.1 Å². The highest BCUT2D eigenvalue weighted by Crippen LogP contribution is 2.61. The molecular weight excluding hydrogens is 384 g/mol. The molecule has 1 aromatic carbocycles. The Kier molecular flexibility index (Phi) is 4.42. The lowest BCUT2D eigenvalue weighted by Gasteiger charge is -2.60. The highest BCUT2D eigenvalue weighted by Gasteiger charge is 2.53. The molecule has 3 fully saturated rings. The monoisotopic (exact) mass is 410 g/mol. The minimum absolute atomic E-state index is 0.193. The molecule has 3 aliphatic rings. The van der Waals surface area contributed by atoms with Gasteiger partial charge >= 0.3 is 0 Å². The molecule has 0 aliphatic heterocycles. The molecule has 3 aromatic rings. The van der Waals surface area contributed by atoms with E-state index in [-0.39, 0.29) is 5.28 Å². The maximum atomic E-state index is 6.17. The summed E-state index contributed by atoms with van der Waals surface area (Å²) < 4.78 is 2.10. The number of nitrogens with one attached hydrogen (secondary N) is 2. The number of halogens is 1. The third-order valence-electron chi connectivity index (χ3n) is 7.27. The van der Waals surface area contributed by atoms with Gasteiger partial charge in [-0.3, -0.25) is 0 Å². The van der Waals surface area contributed by atoms with Crippen molar-refractivity contribution in [3.8, 4) is 0 Å². The van der Waals surface area contributed by atoms with Crippen LogP contribution in [0.3, 0.4) is 0 Å². The van der Waals surface area contributed by atoms with Crippen LogP contribution >= 0.6 is 11.6 Å². The van der Waals surface area contributed by atoms with Crippen molar-refractivity contribution in [2.75, 3.05) is 17.2 Å². The lowest BCUT2D eigenvalue weighted by atomic mass is 9.45. The van der Waals surface area contributed by atoms with E-state index in [1.165, 1.54) is 24.8 Å². The summed E-state index contributed by atoms with van der Waals surface area (Å²) >= 11 is 6.17. The maximum absolute atomic E-state index is 6.17. The van der Waals surface area contributed by atoms with Crippen LogP contribution in [0.25, 0.3) is 10.9 Å². The molecule has 7 heteroatoms. The average Bonchev–Trinajstić information content (AvgIpc) is 3.06. The summed E-state index contributed by atoms with van der Waals surface area (Å²) in [4.78, 5) is 13.1. The maximum Gasteiger partial charge on any atom is 0.233 e. The summed E-state index contributed by atoms with van der Waals surface area (Å²) in [5, 5.41) is 8.03. The number of hydrogen-bond acceptors (Lipinski definition) is 5. The SMILES string of the molecule is Cn1ccc2cc(Nc3nc(Cl)nc(NCC4CCC5CC4C5(C)C)n3)ccc21. The third kappa shape index (κ3) is 3.33. The molecule has 3 unspecified atom stereocenters. The molecular formula is C22H27ClN6. The van der Waals surface area contributed by atoms with Crippen molar-refractivity contribution in [2.45, 2.75) is 33.1 Å². The zero-order valence-corrected chi connectivity index (χ0v) is 17.9. The van der Waals surface area contributed by atoms with Gasteiger partial charge in [0.15, 0.2) is 0 Å². The second kappa shape index (κ2) is 6.87. The van der Waals surface area contributed by atoms with Crippen LogP contribution in [-0.2, 0) is 7.05 Å². The topological polar surface area (TPSA) is 67.7 Å². The Balaban J connectivity index is 1.29. The summed E-state index contributed by atoms with van der Waals surface area (Å²) in [6.45, 7) is 5.73. The molecule has 29 heavy (non-hydrogen) atoms. The van der Waals surface area contributed by atoms with E-state index in [2.05, 4.69) is 62.2 Å². The molecule has 152 valence electrons. The smallest absolute Gasteiger partial charge is 0.233 e. The van der Waals surface area contributed by atoms with Crippen molar-refractivity contribution in [1.29, 1.82) is 0 Å². The van der Waals surface area contributed by atoms with E-state index in [1.807, 2.05) is 19.3 Å². The fraction of sp³-hybridized carbons (Fsp3) is 0.500. The Morgan fingerprint density at radius 1 is 1.14 bits per heavy atom. The van der Waals surface area contributed by atoms with Gasteiger partial charge in [-0.1, -0.05) is 13.8 Å². The summed E-state index contributed by atoms with van der Waals surface area (Å²) in [6, 6.07) is 8.27. The van der Waals surface area contributed by atoms with Crippen molar-refractivity contribution in [3.63, 3.8) is 0 Å². The van der Waals surface area contributed by atoms with E-state index < -0.39 is 0 Å². The van der Waals surface area contributed by atoms with Gasteiger partial charge in [0.1, 0.15) is 0 Å². The largest absolute Gasteiger partial charge is 0.354 e. The first-order valence-electron chi connectivity index (χ1n) is 10.4. The predicted molar refractivity (Wildman–Crippen MR) is 118 cm³/mol.